The Kier molecular flexibility index (Phi) is 4.04. The summed E-state index contributed by atoms with van der Waals surface area (Å²) in [7, 11) is 0. The SMILES string of the molecule is CC(C)(C)n1ncc2c(NC(CCO)c3ccco3)ncnc21. The van der Waals surface area contributed by atoms with Crippen LogP contribution >= 0.6 is 0 Å². The molecule has 0 fully saturated rings. The monoisotopic (exact) mass is 315 g/mol. The maximum absolute atomic E-state index is 9.31. The second kappa shape index (κ2) is 6.00. The summed E-state index contributed by atoms with van der Waals surface area (Å²) in [5, 5.41) is 17.9. The molecule has 0 amide bonds. The van der Waals surface area contributed by atoms with Crippen LogP contribution in [0.1, 0.15) is 39.0 Å². The summed E-state index contributed by atoms with van der Waals surface area (Å²) < 4.78 is 7.33. The number of hydrogen-bond acceptors (Lipinski definition) is 6. The van der Waals surface area contributed by atoms with Crippen molar-refractivity contribution in [2.45, 2.75) is 38.8 Å². The van der Waals surface area contributed by atoms with Gasteiger partial charge in [0.1, 0.15) is 17.9 Å². The third kappa shape index (κ3) is 3.05. The zero-order chi connectivity index (χ0) is 16.4. The van der Waals surface area contributed by atoms with E-state index in [0.717, 1.165) is 16.8 Å². The van der Waals surface area contributed by atoms with Crippen LogP contribution in [-0.2, 0) is 5.54 Å². The molecule has 0 aliphatic rings. The Morgan fingerprint density at radius 1 is 1.35 bits per heavy atom. The fraction of sp³-hybridized carbons (Fsp3) is 0.438. The summed E-state index contributed by atoms with van der Waals surface area (Å²) >= 11 is 0. The van der Waals surface area contributed by atoms with Crippen LogP contribution in [0.15, 0.2) is 35.3 Å². The predicted molar refractivity (Wildman–Crippen MR) is 87.1 cm³/mol. The molecule has 0 aliphatic carbocycles. The van der Waals surface area contributed by atoms with Crippen LogP contribution in [-0.4, -0.2) is 31.5 Å². The van der Waals surface area contributed by atoms with E-state index in [2.05, 4.69) is 41.2 Å². The number of furan rings is 1. The minimum Gasteiger partial charge on any atom is -0.467 e. The zero-order valence-electron chi connectivity index (χ0n) is 13.5. The van der Waals surface area contributed by atoms with Gasteiger partial charge in [0.2, 0.25) is 0 Å². The Hall–Kier alpha value is -2.41. The molecule has 2 N–H and O–H groups in total. The van der Waals surface area contributed by atoms with E-state index in [0.29, 0.717) is 12.2 Å². The number of aliphatic hydroxyl groups is 1. The van der Waals surface area contributed by atoms with Gasteiger partial charge in [0.05, 0.1) is 29.4 Å². The second-order valence-corrected chi connectivity index (χ2v) is 6.41. The van der Waals surface area contributed by atoms with Crippen molar-refractivity contribution < 1.29 is 9.52 Å². The average molecular weight is 315 g/mol. The summed E-state index contributed by atoms with van der Waals surface area (Å²) in [6, 6.07) is 3.55. The lowest BCUT2D eigenvalue weighted by Gasteiger charge is -2.20. The van der Waals surface area contributed by atoms with Gasteiger partial charge in [-0.15, -0.1) is 0 Å². The first-order valence-corrected chi connectivity index (χ1v) is 7.60. The van der Waals surface area contributed by atoms with Crippen LogP contribution in [0.4, 0.5) is 5.82 Å². The molecular formula is C16H21N5O2. The molecule has 3 rings (SSSR count). The fourth-order valence-corrected chi connectivity index (χ4v) is 2.52. The fourth-order valence-electron chi connectivity index (χ4n) is 2.52. The first-order chi connectivity index (χ1) is 11.0. The van der Waals surface area contributed by atoms with Gasteiger partial charge in [-0.05, 0) is 39.3 Å². The molecule has 0 spiro atoms. The highest BCUT2D eigenvalue weighted by Gasteiger charge is 2.21. The second-order valence-electron chi connectivity index (χ2n) is 6.41. The minimum atomic E-state index is -0.168. The van der Waals surface area contributed by atoms with E-state index in [4.69, 9.17) is 4.42 Å². The van der Waals surface area contributed by atoms with Crippen LogP contribution in [0.5, 0.6) is 0 Å². The highest BCUT2D eigenvalue weighted by molar-refractivity contribution is 5.86. The molecule has 0 saturated carbocycles. The van der Waals surface area contributed by atoms with Gasteiger partial charge in [-0.3, -0.25) is 0 Å². The van der Waals surface area contributed by atoms with Gasteiger partial charge in [0, 0.05) is 6.61 Å². The largest absolute Gasteiger partial charge is 0.467 e. The van der Waals surface area contributed by atoms with Crippen molar-refractivity contribution >= 4 is 16.9 Å². The Bertz CT molecular complexity index is 773. The van der Waals surface area contributed by atoms with Crippen molar-refractivity contribution in [3.8, 4) is 0 Å². The van der Waals surface area contributed by atoms with E-state index in [1.165, 1.54) is 6.33 Å². The van der Waals surface area contributed by atoms with Crippen molar-refractivity contribution in [2.75, 3.05) is 11.9 Å². The van der Waals surface area contributed by atoms with E-state index >= 15 is 0 Å². The Labute approximate surface area is 134 Å². The molecule has 1 unspecified atom stereocenters. The topological polar surface area (TPSA) is 89.0 Å². The minimum absolute atomic E-state index is 0.0495. The van der Waals surface area contributed by atoms with E-state index in [1.807, 2.05) is 16.8 Å². The van der Waals surface area contributed by atoms with Crippen LogP contribution in [0.2, 0.25) is 0 Å². The lowest BCUT2D eigenvalue weighted by atomic mass is 10.1. The Morgan fingerprint density at radius 2 is 2.17 bits per heavy atom. The number of nitrogens with one attached hydrogen (secondary N) is 1. The predicted octanol–water partition coefficient (Wildman–Crippen LogP) is 2.71. The van der Waals surface area contributed by atoms with Gasteiger partial charge in [-0.2, -0.15) is 5.10 Å². The van der Waals surface area contributed by atoms with Crippen molar-refractivity contribution in [2.24, 2.45) is 0 Å². The first kappa shape index (κ1) is 15.5. The number of fused-ring (bicyclic) bond motifs is 1. The number of aromatic nitrogens is 4. The van der Waals surface area contributed by atoms with Gasteiger partial charge in [-0.1, -0.05) is 0 Å². The molecule has 122 valence electrons. The average Bonchev–Trinajstić information content (AvgIpc) is 3.16. The molecule has 0 saturated heterocycles. The van der Waals surface area contributed by atoms with E-state index in [9.17, 15) is 5.11 Å². The Balaban J connectivity index is 1.98. The summed E-state index contributed by atoms with van der Waals surface area (Å²) in [5.41, 5.74) is 0.607. The molecule has 0 radical (unpaired) electrons. The number of aliphatic hydroxyl groups excluding tert-OH is 1. The van der Waals surface area contributed by atoms with Gasteiger partial charge >= 0.3 is 0 Å². The highest BCUT2D eigenvalue weighted by atomic mass is 16.3. The summed E-state index contributed by atoms with van der Waals surface area (Å²) in [4.78, 5) is 8.70. The summed E-state index contributed by atoms with van der Waals surface area (Å²) in [5.74, 6) is 1.44. The zero-order valence-corrected chi connectivity index (χ0v) is 13.5. The van der Waals surface area contributed by atoms with Gasteiger partial charge in [0.25, 0.3) is 0 Å². The molecule has 1 atom stereocenters. The number of anilines is 1. The van der Waals surface area contributed by atoms with Crippen LogP contribution in [0.25, 0.3) is 11.0 Å². The van der Waals surface area contributed by atoms with Gasteiger partial charge < -0.3 is 14.8 Å². The number of rotatable bonds is 5. The molecule has 0 bridgehead atoms. The maximum atomic E-state index is 9.31. The summed E-state index contributed by atoms with van der Waals surface area (Å²) in [6.07, 6.45) is 5.43. The van der Waals surface area contributed by atoms with Crippen molar-refractivity contribution in [1.82, 2.24) is 19.7 Å². The van der Waals surface area contributed by atoms with Crippen LogP contribution in [0, 0.1) is 0 Å². The summed E-state index contributed by atoms with van der Waals surface area (Å²) in [6.45, 7) is 6.28. The quantitative estimate of drug-likeness (QED) is 0.752. The molecule has 7 heteroatoms. The first-order valence-electron chi connectivity index (χ1n) is 7.60. The Morgan fingerprint density at radius 3 is 2.83 bits per heavy atom. The molecule has 7 nitrogen and oxygen atoms in total. The van der Waals surface area contributed by atoms with E-state index in [-0.39, 0.29) is 18.2 Å². The third-order valence-corrected chi connectivity index (χ3v) is 3.62. The molecule has 0 aromatic carbocycles. The normalized spacial score (nSPS) is 13.4. The van der Waals surface area contributed by atoms with Crippen molar-refractivity contribution in [3.05, 3.63) is 36.7 Å². The van der Waals surface area contributed by atoms with E-state index < -0.39 is 0 Å². The number of nitrogens with zero attached hydrogens (tertiary/aromatic N) is 4. The molecule has 23 heavy (non-hydrogen) atoms. The van der Waals surface area contributed by atoms with Gasteiger partial charge in [0.15, 0.2) is 5.65 Å². The smallest absolute Gasteiger partial charge is 0.163 e. The molecule has 3 heterocycles. The number of hydrogen-bond donors (Lipinski definition) is 2. The lowest BCUT2D eigenvalue weighted by molar-refractivity contribution is 0.273. The lowest BCUT2D eigenvalue weighted by Crippen LogP contribution is -2.23. The van der Waals surface area contributed by atoms with Crippen LogP contribution in [0.3, 0.4) is 0 Å². The molecule has 3 aromatic heterocycles. The standard InChI is InChI=1S/C16H21N5O2/c1-16(2,3)21-15-11(9-19-21)14(17-10-18-15)20-12(6-7-22)13-5-4-8-23-13/h4-5,8-10,12,22H,6-7H2,1-3H3,(H,17,18,20). The van der Waals surface area contributed by atoms with Gasteiger partial charge in [-0.25, -0.2) is 14.6 Å². The van der Waals surface area contributed by atoms with Crippen LogP contribution < -0.4 is 5.32 Å². The van der Waals surface area contributed by atoms with Crippen molar-refractivity contribution in [3.63, 3.8) is 0 Å². The molecule has 3 aromatic rings. The third-order valence-electron chi connectivity index (χ3n) is 3.62. The highest BCUT2D eigenvalue weighted by Crippen LogP contribution is 2.28. The van der Waals surface area contributed by atoms with Crippen molar-refractivity contribution in [1.29, 1.82) is 0 Å². The van der Waals surface area contributed by atoms with E-state index in [1.54, 1.807) is 12.5 Å². The maximum Gasteiger partial charge on any atom is 0.163 e. The molecular weight excluding hydrogens is 294 g/mol. The molecule has 0 aliphatic heterocycles.